The Labute approximate surface area is 96.4 Å². The van der Waals surface area contributed by atoms with Gasteiger partial charge < -0.3 is 15.2 Å². The van der Waals surface area contributed by atoms with E-state index in [-0.39, 0.29) is 19.1 Å². The third-order valence-electron chi connectivity index (χ3n) is 2.62. The van der Waals surface area contributed by atoms with E-state index in [1.54, 1.807) is 0 Å². The Morgan fingerprint density at radius 3 is 2.50 bits per heavy atom. The lowest BCUT2D eigenvalue weighted by atomic mass is 9.83. The normalized spacial score (nSPS) is 10.9. The van der Waals surface area contributed by atoms with E-state index in [1.165, 1.54) is 0 Å². The molecule has 0 aliphatic carbocycles. The molecule has 92 valence electrons. The summed E-state index contributed by atoms with van der Waals surface area (Å²) in [6, 6.07) is 2.07. The van der Waals surface area contributed by atoms with Crippen LogP contribution in [0.3, 0.4) is 0 Å². The van der Waals surface area contributed by atoms with Crippen LogP contribution in [0.15, 0.2) is 0 Å². The molecule has 0 fully saturated rings. The highest BCUT2D eigenvalue weighted by Crippen LogP contribution is 2.25. The molecular formula is C11H20N2O3. The zero-order chi connectivity index (χ0) is 12.4. The van der Waals surface area contributed by atoms with Crippen LogP contribution < -0.4 is 5.32 Å². The molecule has 16 heavy (non-hydrogen) atoms. The summed E-state index contributed by atoms with van der Waals surface area (Å²) in [6.07, 6.45) is 1.01. The first-order valence-electron chi connectivity index (χ1n) is 5.55. The lowest BCUT2D eigenvalue weighted by Gasteiger charge is -2.21. The predicted molar refractivity (Wildman–Crippen MR) is 59.5 cm³/mol. The van der Waals surface area contributed by atoms with Crippen molar-refractivity contribution in [1.82, 2.24) is 5.32 Å². The van der Waals surface area contributed by atoms with Crippen molar-refractivity contribution < 1.29 is 14.6 Å². The van der Waals surface area contributed by atoms with Gasteiger partial charge in [-0.05, 0) is 12.8 Å². The van der Waals surface area contributed by atoms with Crippen LogP contribution in [-0.4, -0.2) is 37.4 Å². The first-order valence-corrected chi connectivity index (χ1v) is 5.55. The first-order chi connectivity index (χ1) is 7.66. The molecule has 5 heteroatoms. The molecule has 0 aromatic rings. The van der Waals surface area contributed by atoms with Gasteiger partial charge in [0.2, 0.25) is 5.91 Å². The summed E-state index contributed by atoms with van der Waals surface area (Å²) in [6.45, 7) is 4.60. The van der Waals surface area contributed by atoms with Gasteiger partial charge in [-0.15, -0.1) is 0 Å². The fourth-order valence-corrected chi connectivity index (χ4v) is 1.35. The van der Waals surface area contributed by atoms with Gasteiger partial charge in [0, 0.05) is 6.54 Å². The number of carbonyl (C=O) groups is 1. The highest BCUT2D eigenvalue weighted by Gasteiger charge is 2.34. The van der Waals surface area contributed by atoms with E-state index in [1.807, 2.05) is 13.8 Å². The molecule has 5 nitrogen and oxygen atoms in total. The summed E-state index contributed by atoms with van der Waals surface area (Å²) in [5.41, 5.74) is -0.920. The van der Waals surface area contributed by atoms with E-state index < -0.39 is 5.41 Å². The van der Waals surface area contributed by atoms with Gasteiger partial charge in [-0.3, -0.25) is 4.79 Å². The lowest BCUT2D eigenvalue weighted by Crippen LogP contribution is -2.40. The smallest absolute Gasteiger partial charge is 0.240 e. The van der Waals surface area contributed by atoms with Crippen LogP contribution in [0.4, 0.5) is 0 Å². The summed E-state index contributed by atoms with van der Waals surface area (Å²) in [4.78, 5) is 11.8. The number of rotatable bonds is 8. The summed E-state index contributed by atoms with van der Waals surface area (Å²) in [5, 5.41) is 20.1. The van der Waals surface area contributed by atoms with Crippen molar-refractivity contribution in [2.45, 2.75) is 26.7 Å². The molecule has 0 aromatic heterocycles. The molecule has 0 radical (unpaired) electrons. The number of aliphatic hydroxyl groups is 1. The topological polar surface area (TPSA) is 82.4 Å². The molecule has 0 rings (SSSR count). The van der Waals surface area contributed by atoms with E-state index in [0.29, 0.717) is 26.0 Å². The fourth-order valence-electron chi connectivity index (χ4n) is 1.35. The number of hydrogen-bond acceptors (Lipinski definition) is 4. The standard InChI is InChI=1S/C11H20N2O3/c1-3-11(4-2,9-12)10(15)13-5-7-16-8-6-14/h14H,3-8H2,1-2H3,(H,13,15). The Bertz CT molecular complexity index is 244. The number of nitriles is 1. The quantitative estimate of drug-likeness (QED) is 0.591. The second kappa shape index (κ2) is 8.08. The van der Waals surface area contributed by atoms with Crippen molar-refractivity contribution in [3.8, 4) is 6.07 Å². The van der Waals surface area contributed by atoms with Crippen LogP contribution in [0, 0.1) is 16.7 Å². The van der Waals surface area contributed by atoms with E-state index in [2.05, 4.69) is 11.4 Å². The predicted octanol–water partition coefficient (Wildman–Crippen LogP) is 0.441. The molecule has 0 aliphatic rings. The Morgan fingerprint density at radius 1 is 1.44 bits per heavy atom. The number of amides is 1. The van der Waals surface area contributed by atoms with Crippen LogP contribution in [-0.2, 0) is 9.53 Å². The number of nitrogens with zero attached hydrogens (tertiary/aromatic N) is 1. The van der Waals surface area contributed by atoms with Gasteiger partial charge in [-0.25, -0.2) is 0 Å². The van der Waals surface area contributed by atoms with Crippen molar-refractivity contribution in [2.75, 3.05) is 26.4 Å². The molecule has 0 atom stereocenters. The van der Waals surface area contributed by atoms with Gasteiger partial charge >= 0.3 is 0 Å². The molecule has 0 aliphatic heterocycles. The van der Waals surface area contributed by atoms with E-state index in [4.69, 9.17) is 15.1 Å². The van der Waals surface area contributed by atoms with E-state index in [9.17, 15) is 4.79 Å². The summed E-state index contributed by atoms with van der Waals surface area (Å²) < 4.78 is 5.00. The maximum absolute atomic E-state index is 11.8. The molecule has 0 unspecified atom stereocenters. The average Bonchev–Trinajstić information content (AvgIpc) is 2.32. The summed E-state index contributed by atoms with van der Waals surface area (Å²) in [5.74, 6) is -0.243. The van der Waals surface area contributed by atoms with Gasteiger partial charge in [0.05, 0.1) is 25.9 Å². The lowest BCUT2D eigenvalue weighted by molar-refractivity contribution is -0.128. The molecule has 0 bridgehead atoms. The Kier molecular flexibility index (Phi) is 7.52. The maximum atomic E-state index is 11.8. The molecule has 0 heterocycles. The minimum Gasteiger partial charge on any atom is -0.394 e. The van der Waals surface area contributed by atoms with Crippen LogP contribution in [0.25, 0.3) is 0 Å². The van der Waals surface area contributed by atoms with Gasteiger partial charge in [0.25, 0.3) is 0 Å². The summed E-state index contributed by atoms with van der Waals surface area (Å²) in [7, 11) is 0. The van der Waals surface area contributed by atoms with Crippen LogP contribution in [0.2, 0.25) is 0 Å². The average molecular weight is 228 g/mol. The third-order valence-corrected chi connectivity index (χ3v) is 2.62. The minimum atomic E-state index is -0.920. The number of nitrogens with one attached hydrogen (secondary N) is 1. The second-order valence-electron chi connectivity index (χ2n) is 3.49. The Morgan fingerprint density at radius 2 is 2.06 bits per heavy atom. The highest BCUT2D eigenvalue weighted by molar-refractivity contribution is 5.85. The highest BCUT2D eigenvalue weighted by atomic mass is 16.5. The maximum Gasteiger partial charge on any atom is 0.240 e. The second-order valence-corrected chi connectivity index (χ2v) is 3.49. The molecule has 0 spiro atoms. The van der Waals surface area contributed by atoms with E-state index in [0.717, 1.165) is 0 Å². The number of carbonyl (C=O) groups excluding carboxylic acids is 1. The molecular weight excluding hydrogens is 208 g/mol. The number of hydrogen-bond donors (Lipinski definition) is 2. The number of aliphatic hydroxyl groups excluding tert-OH is 1. The first kappa shape index (κ1) is 14.9. The van der Waals surface area contributed by atoms with Gasteiger partial charge in [0.15, 0.2) is 0 Å². The molecule has 1 amide bonds. The molecule has 0 saturated heterocycles. The monoisotopic (exact) mass is 228 g/mol. The van der Waals surface area contributed by atoms with Crippen LogP contribution in [0.5, 0.6) is 0 Å². The van der Waals surface area contributed by atoms with Gasteiger partial charge in [-0.2, -0.15) is 5.26 Å². The van der Waals surface area contributed by atoms with Crippen molar-refractivity contribution >= 4 is 5.91 Å². The molecule has 0 saturated carbocycles. The SMILES string of the molecule is CCC(C#N)(CC)C(=O)NCCOCCO. The minimum absolute atomic E-state index is 0.0278. The Balaban J connectivity index is 3.99. The van der Waals surface area contributed by atoms with Crippen LogP contribution in [0.1, 0.15) is 26.7 Å². The van der Waals surface area contributed by atoms with Crippen molar-refractivity contribution in [1.29, 1.82) is 5.26 Å². The fraction of sp³-hybridized carbons (Fsp3) is 0.818. The zero-order valence-electron chi connectivity index (χ0n) is 9.95. The zero-order valence-corrected chi connectivity index (χ0v) is 9.95. The van der Waals surface area contributed by atoms with Crippen molar-refractivity contribution in [3.63, 3.8) is 0 Å². The van der Waals surface area contributed by atoms with Gasteiger partial charge in [-0.1, -0.05) is 13.8 Å². The van der Waals surface area contributed by atoms with E-state index >= 15 is 0 Å². The van der Waals surface area contributed by atoms with Crippen LogP contribution >= 0.6 is 0 Å². The molecule has 2 N–H and O–H groups in total. The third kappa shape index (κ3) is 4.17. The number of ether oxygens (including phenoxy) is 1. The van der Waals surface area contributed by atoms with Crippen molar-refractivity contribution in [3.05, 3.63) is 0 Å². The largest absolute Gasteiger partial charge is 0.394 e. The van der Waals surface area contributed by atoms with Crippen molar-refractivity contribution in [2.24, 2.45) is 5.41 Å². The molecule has 0 aromatic carbocycles. The summed E-state index contributed by atoms with van der Waals surface area (Å²) >= 11 is 0. The van der Waals surface area contributed by atoms with Gasteiger partial charge in [0.1, 0.15) is 5.41 Å². The Hall–Kier alpha value is -1.12.